The number of carbonyl (C=O) groups is 1. The van der Waals surface area contributed by atoms with Gasteiger partial charge in [0.15, 0.2) is 11.4 Å². The van der Waals surface area contributed by atoms with Gasteiger partial charge < -0.3 is 5.32 Å². The van der Waals surface area contributed by atoms with Gasteiger partial charge in [0.25, 0.3) is 0 Å². The number of nitrogens with one attached hydrogen (secondary N) is 1. The first-order chi connectivity index (χ1) is 19.6. The highest BCUT2D eigenvalue weighted by atomic mass is 32.2. The zero-order valence-electron chi connectivity index (χ0n) is 22.3. The molecule has 2 aromatic carbocycles. The lowest BCUT2D eigenvalue weighted by Gasteiger charge is -2.28. The summed E-state index contributed by atoms with van der Waals surface area (Å²) in [4.78, 5) is 17.3. The third-order valence-corrected chi connectivity index (χ3v) is 10.9. The number of aryl methyl sites for hydroxylation is 1. The van der Waals surface area contributed by atoms with E-state index < -0.39 is 16.7 Å². The zero-order chi connectivity index (χ0) is 28.8. The van der Waals surface area contributed by atoms with Crippen LogP contribution in [0, 0.1) is 18.7 Å². The summed E-state index contributed by atoms with van der Waals surface area (Å²) >= 11 is 3.25. The van der Waals surface area contributed by atoms with E-state index in [1.807, 2.05) is 31.2 Å². The minimum Gasteiger partial charge on any atom is -0.382 e. The van der Waals surface area contributed by atoms with Crippen LogP contribution in [0.2, 0.25) is 0 Å². The van der Waals surface area contributed by atoms with Crippen LogP contribution in [0.4, 0.5) is 23.2 Å². The molecule has 1 N–H and O–H groups in total. The van der Waals surface area contributed by atoms with Gasteiger partial charge in [-0.1, -0.05) is 24.3 Å². The Balaban J connectivity index is 1.46. The van der Waals surface area contributed by atoms with Crippen molar-refractivity contribution in [1.82, 2.24) is 14.6 Å². The van der Waals surface area contributed by atoms with Crippen molar-refractivity contribution in [1.29, 1.82) is 0 Å². The van der Waals surface area contributed by atoms with Crippen LogP contribution in [0.3, 0.4) is 0 Å². The van der Waals surface area contributed by atoms with Crippen molar-refractivity contribution in [3.63, 3.8) is 0 Å². The lowest BCUT2D eigenvalue weighted by Crippen LogP contribution is -2.21. The molecule has 214 valence electrons. The molecule has 1 saturated carbocycles. The molecule has 0 atom stereocenters. The molecule has 3 heterocycles. The molecule has 0 radical (unpaired) electrons. The number of benzene rings is 2. The van der Waals surface area contributed by atoms with Crippen molar-refractivity contribution in [3.05, 3.63) is 82.9 Å². The number of fused-ring (bicyclic) bond motifs is 1. The van der Waals surface area contributed by atoms with E-state index in [9.17, 15) is 22.4 Å². The molecule has 1 saturated heterocycles. The second kappa shape index (κ2) is 11.0. The average molecular weight is 601 g/mol. The standard InChI is InChI=1S/C30H28F4N4OS2/c1-18-13-20(7-8-23(18)26(39)14-19-5-6-19)25-17-36-28-24(35-10-9-29(32,33)34)16-27(37-38(25)28)30(40-11-12-41-30)21-3-2-4-22(31)15-21/h2-4,7-8,13,15-17,19,35H,5-6,9-12,14H2,1H3. The minimum absolute atomic E-state index is 0.138. The van der Waals surface area contributed by atoms with Crippen LogP contribution in [0.1, 0.15) is 52.9 Å². The van der Waals surface area contributed by atoms with Crippen molar-refractivity contribution in [2.24, 2.45) is 5.92 Å². The Morgan fingerprint density at radius 1 is 1.12 bits per heavy atom. The molecule has 4 aromatic rings. The van der Waals surface area contributed by atoms with Crippen LogP contribution in [-0.2, 0) is 4.08 Å². The SMILES string of the molecule is Cc1cc(-c2cnc3c(NCCC(F)(F)F)cc(C4(c5cccc(F)c5)SCCS4)nn23)ccc1C(=O)CC1CC1. The second-order valence-corrected chi connectivity index (χ2v) is 13.4. The molecular formula is C30H28F4N4OS2. The van der Waals surface area contributed by atoms with Gasteiger partial charge in [-0.3, -0.25) is 4.79 Å². The molecule has 0 unspecified atom stereocenters. The Morgan fingerprint density at radius 3 is 2.59 bits per heavy atom. The largest absolute Gasteiger partial charge is 0.390 e. The van der Waals surface area contributed by atoms with Gasteiger partial charge in [0.2, 0.25) is 0 Å². The van der Waals surface area contributed by atoms with E-state index in [-0.39, 0.29) is 18.1 Å². The summed E-state index contributed by atoms with van der Waals surface area (Å²) < 4.78 is 54.3. The van der Waals surface area contributed by atoms with E-state index in [0.29, 0.717) is 40.6 Å². The quantitative estimate of drug-likeness (QED) is 0.156. The number of hydrogen-bond acceptors (Lipinski definition) is 6. The number of halogens is 4. The maximum Gasteiger partial charge on any atom is 0.390 e. The lowest BCUT2D eigenvalue weighted by atomic mass is 9.98. The van der Waals surface area contributed by atoms with Crippen LogP contribution in [0.5, 0.6) is 0 Å². The number of nitrogens with zero attached hydrogens (tertiary/aromatic N) is 3. The van der Waals surface area contributed by atoms with E-state index in [1.165, 1.54) is 12.1 Å². The van der Waals surface area contributed by atoms with E-state index >= 15 is 0 Å². The monoisotopic (exact) mass is 600 g/mol. The average Bonchev–Trinajstić information content (AvgIpc) is 3.41. The molecule has 0 bridgehead atoms. The summed E-state index contributed by atoms with van der Waals surface area (Å²) in [6.07, 6.45) is -0.901. The summed E-state index contributed by atoms with van der Waals surface area (Å²) in [7, 11) is 0. The van der Waals surface area contributed by atoms with Crippen LogP contribution in [0.15, 0.2) is 54.7 Å². The number of aromatic nitrogens is 3. The topological polar surface area (TPSA) is 59.3 Å². The summed E-state index contributed by atoms with van der Waals surface area (Å²) in [6, 6.07) is 13.7. The molecule has 11 heteroatoms. The zero-order valence-corrected chi connectivity index (χ0v) is 23.9. The van der Waals surface area contributed by atoms with Gasteiger partial charge in [0.1, 0.15) is 9.90 Å². The molecule has 41 heavy (non-hydrogen) atoms. The molecule has 1 aliphatic carbocycles. The smallest absolute Gasteiger partial charge is 0.382 e. The predicted octanol–water partition coefficient (Wildman–Crippen LogP) is 7.87. The number of Topliss-reactive ketones (excluding diaryl/α,β-unsaturated/α-hetero) is 1. The van der Waals surface area contributed by atoms with Gasteiger partial charge in [-0.2, -0.15) is 18.3 Å². The lowest BCUT2D eigenvalue weighted by molar-refractivity contribution is -0.131. The molecule has 2 aliphatic rings. The van der Waals surface area contributed by atoms with Crippen molar-refractivity contribution < 1.29 is 22.4 Å². The molecule has 0 amide bonds. The first-order valence-electron chi connectivity index (χ1n) is 13.5. The Bertz CT molecular complexity index is 1610. The molecule has 6 rings (SSSR count). The molecule has 0 spiro atoms. The Morgan fingerprint density at radius 2 is 1.90 bits per heavy atom. The van der Waals surface area contributed by atoms with Crippen LogP contribution < -0.4 is 5.32 Å². The second-order valence-electron chi connectivity index (χ2n) is 10.5. The third kappa shape index (κ3) is 5.83. The molecule has 5 nitrogen and oxygen atoms in total. The van der Waals surface area contributed by atoms with Crippen LogP contribution in [-0.4, -0.2) is 44.6 Å². The summed E-state index contributed by atoms with van der Waals surface area (Å²) in [5.74, 6) is 1.88. The van der Waals surface area contributed by atoms with Crippen LogP contribution in [0.25, 0.3) is 16.9 Å². The van der Waals surface area contributed by atoms with Gasteiger partial charge in [0, 0.05) is 35.6 Å². The predicted molar refractivity (Wildman–Crippen MR) is 156 cm³/mol. The van der Waals surface area contributed by atoms with Gasteiger partial charge in [-0.25, -0.2) is 13.9 Å². The molecule has 1 aliphatic heterocycles. The van der Waals surface area contributed by atoms with Crippen molar-refractivity contribution in [3.8, 4) is 11.3 Å². The fourth-order valence-corrected chi connectivity index (χ4v) is 8.35. The fourth-order valence-electron chi connectivity index (χ4n) is 5.19. The van der Waals surface area contributed by atoms with E-state index in [4.69, 9.17) is 5.10 Å². The Labute approximate surface area is 243 Å². The van der Waals surface area contributed by atoms with Gasteiger partial charge in [0.05, 0.1) is 29.7 Å². The Hall–Kier alpha value is -3.05. The Kier molecular flexibility index (Phi) is 7.52. The van der Waals surface area contributed by atoms with E-state index in [2.05, 4.69) is 10.3 Å². The van der Waals surface area contributed by atoms with Crippen molar-refractivity contribution in [2.45, 2.75) is 42.9 Å². The number of rotatable bonds is 9. The summed E-state index contributed by atoms with van der Waals surface area (Å²) in [5, 5.41) is 7.92. The van der Waals surface area contributed by atoms with E-state index in [0.717, 1.165) is 41.0 Å². The maximum absolute atomic E-state index is 14.4. The first-order valence-corrected chi connectivity index (χ1v) is 15.5. The van der Waals surface area contributed by atoms with Crippen molar-refractivity contribution in [2.75, 3.05) is 23.4 Å². The molecule has 2 fully saturated rings. The van der Waals surface area contributed by atoms with Gasteiger partial charge in [-0.05, 0) is 61.1 Å². The number of alkyl halides is 3. The minimum atomic E-state index is -4.31. The van der Waals surface area contributed by atoms with Crippen molar-refractivity contribution >= 4 is 40.6 Å². The highest BCUT2D eigenvalue weighted by Gasteiger charge is 2.42. The summed E-state index contributed by atoms with van der Waals surface area (Å²) in [5.41, 5.74) is 5.10. The number of hydrogen-bond donors (Lipinski definition) is 1. The van der Waals surface area contributed by atoms with Gasteiger partial charge >= 0.3 is 6.18 Å². The van der Waals surface area contributed by atoms with Crippen LogP contribution >= 0.6 is 23.5 Å². The number of ketones is 1. The number of anilines is 1. The number of carbonyl (C=O) groups excluding carboxylic acids is 1. The van der Waals surface area contributed by atoms with Gasteiger partial charge in [-0.15, -0.1) is 23.5 Å². The normalized spacial score (nSPS) is 16.8. The fraction of sp³-hybridized carbons (Fsp3) is 0.367. The highest BCUT2D eigenvalue weighted by Crippen LogP contribution is 2.56. The third-order valence-electron chi connectivity index (χ3n) is 7.42. The first kappa shape index (κ1) is 28.1. The molecule has 2 aromatic heterocycles. The maximum atomic E-state index is 14.4. The number of imidazole rings is 1. The molecular weight excluding hydrogens is 572 g/mol. The summed E-state index contributed by atoms with van der Waals surface area (Å²) in [6.45, 7) is 1.58. The number of thioether (sulfide) groups is 2. The highest BCUT2D eigenvalue weighted by molar-refractivity contribution is 8.20. The van der Waals surface area contributed by atoms with E-state index in [1.54, 1.807) is 46.4 Å².